The van der Waals surface area contributed by atoms with Crippen molar-refractivity contribution in [2.45, 2.75) is 0 Å². The highest BCUT2D eigenvalue weighted by atomic mass is 15.2. The minimum absolute atomic E-state index is 1.03. The van der Waals surface area contributed by atoms with E-state index in [0.29, 0.717) is 0 Å². The molecular weight excluding hydrogens is 729 g/mol. The third kappa shape index (κ3) is 7.30. The minimum atomic E-state index is 1.03. The summed E-state index contributed by atoms with van der Waals surface area (Å²) in [7, 11) is 0. The van der Waals surface area contributed by atoms with Gasteiger partial charge in [-0.3, -0.25) is 0 Å². The van der Waals surface area contributed by atoms with Crippen LogP contribution >= 0.6 is 0 Å². The normalized spacial score (nSPS) is 11.0. The highest BCUT2D eigenvalue weighted by Gasteiger charge is 2.20. The van der Waals surface area contributed by atoms with Crippen LogP contribution in [0.15, 0.2) is 249 Å². The average Bonchev–Trinajstić information content (AvgIpc) is 3.32. The lowest BCUT2D eigenvalue weighted by Crippen LogP contribution is -2.13. The largest absolute Gasteiger partial charge is 0.356 e. The molecule has 286 valence electrons. The number of nitrogens with one attached hydrogen (secondary N) is 1. The topological polar surface area (TPSA) is 21.8 Å². The Hall–Kier alpha value is -8.08. The van der Waals surface area contributed by atoms with Crippen LogP contribution in [0.25, 0.3) is 21.5 Å². The summed E-state index contributed by atoms with van der Waals surface area (Å²) in [6.45, 7) is 0. The van der Waals surface area contributed by atoms with Gasteiger partial charge in [-0.15, -0.1) is 0 Å². The zero-order chi connectivity index (χ0) is 40.1. The Morgan fingerprint density at radius 3 is 0.950 bits per heavy atom. The Balaban J connectivity index is 1.06. The summed E-state index contributed by atoms with van der Waals surface area (Å²) < 4.78 is 0. The van der Waals surface area contributed by atoms with Crippen LogP contribution in [-0.2, 0) is 0 Å². The SMILES string of the molecule is c1ccc(Nc2ccc(N(c3ccc(N(c4ccccc4)c4cccc5ccccc45)cc3)c3ccc(N(c4ccccc4)c4cccc5ccccc45)cc3)cc2)cc1. The van der Waals surface area contributed by atoms with Crippen LogP contribution in [0.4, 0.5) is 62.6 Å². The number of para-hydroxylation sites is 3. The fourth-order valence-electron chi connectivity index (χ4n) is 8.15. The van der Waals surface area contributed by atoms with E-state index in [1.807, 2.05) is 18.2 Å². The Morgan fingerprint density at radius 1 is 0.217 bits per heavy atom. The van der Waals surface area contributed by atoms with Gasteiger partial charge < -0.3 is 20.0 Å². The molecule has 0 saturated heterocycles. The van der Waals surface area contributed by atoms with Gasteiger partial charge in [-0.2, -0.15) is 0 Å². The molecule has 4 heteroatoms. The number of fused-ring (bicyclic) bond motifs is 2. The highest BCUT2D eigenvalue weighted by molar-refractivity contribution is 6.00. The summed E-state index contributed by atoms with van der Waals surface area (Å²) >= 11 is 0. The summed E-state index contributed by atoms with van der Waals surface area (Å²) in [4.78, 5) is 7.02. The van der Waals surface area contributed by atoms with Crippen molar-refractivity contribution in [2.75, 3.05) is 20.0 Å². The van der Waals surface area contributed by atoms with Gasteiger partial charge in [0, 0.05) is 62.0 Å². The third-order valence-electron chi connectivity index (χ3n) is 11.0. The van der Waals surface area contributed by atoms with Gasteiger partial charge in [0.1, 0.15) is 0 Å². The van der Waals surface area contributed by atoms with Crippen molar-refractivity contribution in [2.24, 2.45) is 0 Å². The summed E-state index contributed by atoms with van der Waals surface area (Å²) in [6, 6.07) is 88.3. The molecule has 60 heavy (non-hydrogen) atoms. The molecule has 4 nitrogen and oxygen atoms in total. The Labute approximate surface area is 351 Å². The van der Waals surface area contributed by atoms with Gasteiger partial charge in [-0.1, -0.05) is 127 Å². The second kappa shape index (κ2) is 16.4. The predicted molar refractivity (Wildman–Crippen MR) is 255 cm³/mol. The van der Waals surface area contributed by atoms with E-state index in [1.54, 1.807) is 0 Å². The van der Waals surface area contributed by atoms with Gasteiger partial charge in [0.25, 0.3) is 0 Å². The van der Waals surface area contributed by atoms with E-state index in [0.717, 1.165) is 62.6 Å². The standard InChI is InChI=1S/C56H42N4/c1-4-20-44(21-5-1)57-45-30-32-48(33-31-45)58(49-34-38-51(39-35-49)59(46-22-6-2-7-23-46)55-28-14-18-42-16-10-12-26-53(42)55)50-36-40-52(41-37-50)60(47-24-8-3-9-25-47)56-29-15-19-43-17-11-13-27-54(43)56/h1-41,57H. The van der Waals surface area contributed by atoms with Gasteiger partial charge in [-0.25, -0.2) is 0 Å². The zero-order valence-electron chi connectivity index (χ0n) is 33.0. The Bertz CT molecular complexity index is 2810. The molecule has 10 aromatic rings. The second-order valence-corrected chi connectivity index (χ2v) is 14.7. The Kier molecular flexibility index (Phi) is 9.92. The third-order valence-corrected chi connectivity index (χ3v) is 11.0. The van der Waals surface area contributed by atoms with Crippen LogP contribution in [0.5, 0.6) is 0 Å². The molecule has 0 radical (unpaired) electrons. The molecule has 10 rings (SSSR count). The van der Waals surface area contributed by atoms with E-state index in [1.165, 1.54) is 21.5 Å². The summed E-state index contributed by atoms with van der Waals surface area (Å²) in [5, 5.41) is 8.36. The van der Waals surface area contributed by atoms with Crippen LogP contribution in [0.2, 0.25) is 0 Å². The molecule has 0 spiro atoms. The number of benzene rings is 10. The van der Waals surface area contributed by atoms with Gasteiger partial charge in [0.05, 0.1) is 11.4 Å². The van der Waals surface area contributed by atoms with Gasteiger partial charge >= 0.3 is 0 Å². The molecule has 0 fully saturated rings. The molecule has 0 aliphatic heterocycles. The smallest absolute Gasteiger partial charge is 0.0540 e. The lowest BCUT2D eigenvalue weighted by molar-refractivity contribution is 1.25. The Morgan fingerprint density at radius 2 is 0.517 bits per heavy atom. The van der Waals surface area contributed by atoms with E-state index < -0.39 is 0 Å². The van der Waals surface area contributed by atoms with Crippen molar-refractivity contribution in [3.05, 3.63) is 249 Å². The zero-order valence-corrected chi connectivity index (χ0v) is 33.0. The van der Waals surface area contributed by atoms with Gasteiger partial charge in [0.2, 0.25) is 0 Å². The molecule has 0 aliphatic carbocycles. The van der Waals surface area contributed by atoms with E-state index in [2.05, 4.69) is 251 Å². The first kappa shape index (κ1) is 36.3. The maximum atomic E-state index is 3.55. The fourth-order valence-corrected chi connectivity index (χ4v) is 8.15. The lowest BCUT2D eigenvalue weighted by atomic mass is 10.1. The lowest BCUT2D eigenvalue weighted by Gasteiger charge is -2.30. The van der Waals surface area contributed by atoms with E-state index >= 15 is 0 Å². The second-order valence-electron chi connectivity index (χ2n) is 14.7. The summed E-state index contributed by atoms with van der Waals surface area (Å²) in [6.07, 6.45) is 0. The van der Waals surface area contributed by atoms with Crippen molar-refractivity contribution in [3.63, 3.8) is 0 Å². The van der Waals surface area contributed by atoms with Crippen LogP contribution < -0.4 is 20.0 Å². The van der Waals surface area contributed by atoms with Crippen LogP contribution in [0.1, 0.15) is 0 Å². The number of hydrogen-bond donors (Lipinski definition) is 1. The number of rotatable bonds is 11. The molecule has 0 unspecified atom stereocenters. The number of nitrogens with zero attached hydrogens (tertiary/aromatic N) is 3. The molecule has 1 N–H and O–H groups in total. The first-order chi connectivity index (χ1) is 29.8. The monoisotopic (exact) mass is 770 g/mol. The van der Waals surface area contributed by atoms with Crippen molar-refractivity contribution in [1.29, 1.82) is 0 Å². The molecule has 0 atom stereocenters. The van der Waals surface area contributed by atoms with Gasteiger partial charge in [0.15, 0.2) is 0 Å². The van der Waals surface area contributed by atoms with Crippen molar-refractivity contribution in [3.8, 4) is 0 Å². The number of anilines is 11. The summed E-state index contributed by atoms with van der Waals surface area (Å²) in [5.41, 5.74) is 11.9. The van der Waals surface area contributed by atoms with E-state index in [-0.39, 0.29) is 0 Å². The maximum Gasteiger partial charge on any atom is 0.0540 e. The molecule has 0 heterocycles. The quantitative estimate of drug-likeness (QED) is 0.141. The molecule has 0 bridgehead atoms. The van der Waals surface area contributed by atoms with E-state index in [9.17, 15) is 0 Å². The summed E-state index contributed by atoms with van der Waals surface area (Å²) in [5.74, 6) is 0. The van der Waals surface area contributed by atoms with Crippen LogP contribution in [0.3, 0.4) is 0 Å². The minimum Gasteiger partial charge on any atom is -0.356 e. The van der Waals surface area contributed by atoms with Crippen molar-refractivity contribution >= 4 is 84.1 Å². The maximum absolute atomic E-state index is 3.55. The molecule has 0 saturated carbocycles. The first-order valence-electron chi connectivity index (χ1n) is 20.4. The van der Waals surface area contributed by atoms with Crippen LogP contribution in [-0.4, -0.2) is 0 Å². The highest BCUT2D eigenvalue weighted by Crippen LogP contribution is 2.43. The van der Waals surface area contributed by atoms with Crippen LogP contribution in [0, 0.1) is 0 Å². The van der Waals surface area contributed by atoms with Crippen molar-refractivity contribution < 1.29 is 0 Å². The molecule has 10 aromatic carbocycles. The molecule has 0 aliphatic rings. The van der Waals surface area contributed by atoms with E-state index in [4.69, 9.17) is 0 Å². The molecule has 0 amide bonds. The van der Waals surface area contributed by atoms with Crippen molar-refractivity contribution in [1.82, 2.24) is 0 Å². The van der Waals surface area contributed by atoms with Gasteiger partial charge in [-0.05, 0) is 132 Å². The fraction of sp³-hybridized carbons (Fsp3) is 0. The first-order valence-corrected chi connectivity index (χ1v) is 20.4. The number of hydrogen-bond acceptors (Lipinski definition) is 4. The molecule has 0 aromatic heterocycles. The molecular formula is C56H42N4. The average molecular weight is 771 g/mol. The predicted octanol–water partition coefficient (Wildman–Crippen LogP) is 16.1.